The summed E-state index contributed by atoms with van der Waals surface area (Å²) in [7, 11) is 1.44. The van der Waals surface area contributed by atoms with Crippen LogP contribution in [0.3, 0.4) is 0 Å². The number of carbonyl (C=O) groups is 1. The standard InChI is InChI=1S/C15H17N3O3/c1-9(2)12-7-14(17-8-16-12)18-10-4-5-11(15(19)20)13(6-10)21-3/h4-9H,1-3H3,(H,19,20)(H,16,17,18). The molecule has 21 heavy (non-hydrogen) atoms. The van der Waals surface area contributed by atoms with E-state index in [0.717, 1.165) is 5.69 Å². The Labute approximate surface area is 122 Å². The molecule has 0 spiro atoms. The molecule has 0 saturated carbocycles. The lowest BCUT2D eigenvalue weighted by Gasteiger charge is -2.11. The zero-order chi connectivity index (χ0) is 15.4. The number of aromatic carboxylic acids is 1. The van der Waals surface area contributed by atoms with Gasteiger partial charge in [0.05, 0.1) is 7.11 Å². The van der Waals surface area contributed by atoms with Gasteiger partial charge in [-0.1, -0.05) is 13.8 Å². The van der Waals surface area contributed by atoms with E-state index in [1.807, 2.05) is 6.07 Å². The van der Waals surface area contributed by atoms with Crippen LogP contribution in [0.25, 0.3) is 0 Å². The van der Waals surface area contributed by atoms with E-state index in [9.17, 15) is 4.79 Å². The number of rotatable bonds is 5. The van der Waals surface area contributed by atoms with Crippen molar-refractivity contribution in [1.82, 2.24) is 9.97 Å². The summed E-state index contributed by atoms with van der Waals surface area (Å²) in [5.74, 6) is 0.226. The second-order valence-electron chi connectivity index (χ2n) is 4.83. The van der Waals surface area contributed by atoms with Crippen molar-refractivity contribution in [1.29, 1.82) is 0 Å². The van der Waals surface area contributed by atoms with Crippen LogP contribution in [0.5, 0.6) is 5.75 Å². The molecular weight excluding hydrogens is 270 g/mol. The first-order valence-electron chi connectivity index (χ1n) is 6.51. The van der Waals surface area contributed by atoms with Crippen molar-refractivity contribution >= 4 is 17.5 Å². The molecule has 0 radical (unpaired) electrons. The maximum absolute atomic E-state index is 11.0. The van der Waals surface area contributed by atoms with Gasteiger partial charge in [-0.25, -0.2) is 14.8 Å². The lowest BCUT2D eigenvalue weighted by atomic mass is 10.1. The van der Waals surface area contributed by atoms with E-state index >= 15 is 0 Å². The summed E-state index contributed by atoms with van der Waals surface area (Å²) in [4.78, 5) is 19.4. The number of anilines is 2. The Morgan fingerprint density at radius 1 is 1.29 bits per heavy atom. The Bertz CT molecular complexity index is 656. The number of hydrogen-bond donors (Lipinski definition) is 2. The monoisotopic (exact) mass is 287 g/mol. The number of aromatic nitrogens is 2. The average Bonchev–Trinajstić information content (AvgIpc) is 2.47. The van der Waals surface area contributed by atoms with Crippen molar-refractivity contribution in [2.24, 2.45) is 0 Å². The van der Waals surface area contributed by atoms with Crippen LogP contribution in [0.4, 0.5) is 11.5 Å². The lowest BCUT2D eigenvalue weighted by Crippen LogP contribution is -2.02. The molecule has 6 heteroatoms. The molecule has 1 aromatic heterocycles. The molecular formula is C15H17N3O3. The van der Waals surface area contributed by atoms with Gasteiger partial charge in [0.1, 0.15) is 23.5 Å². The summed E-state index contributed by atoms with van der Waals surface area (Å²) < 4.78 is 5.09. The second-order valence-corrected chi connectivity index (χ2v) is 4.83. The number of benzene rings is 1. The van der Waals surface area contributed by atoms with Crippen LogP contribution in [0, 0.1) is 0 Å². The molecule has 1 aromatic carbocycles. The minimum absolute atomic E-state index is 0.119. The first-order chi connectivity index (χ1) is 10.0. The molecule has 0 aliphatic carbocycles. The predicted molar refractivity (Wildman–Crippen MR) is 79.4 cm³/mol. The first kappa shape index (κ1) is 14.8. The van der Waals surface area contributed by atoms with E-state index in [1.165, 1.54) is 19.5 Å². The van der Waals surface area contributed by atoms with Gasteiger partial charge in [-0.15, -0.1) is 0 Å². The van der Waals surface area contributed by atoms with E-state index in [0.29, 0.717) is 23.2 Å². The Hall–Kier alpha value is -2.63. The highest BCUT2D eigenvalue weighted by atomic mass is 16.5. The molecule has 0 unspecified atom stereocenters. The fraction of sp³-hybridized carbons (Fsp3) is 0.267. The molecule has 0 aliphatic rings. The fourth-order valence-electron chi connectivity index (χ4n) is 1.85. The smallest absolute Gasteiger partial charge is 0.339 e. The van der Waals surface area contributed by atoms with Crippen LogP contribution >= 0.6 is 0 Å². The van der Waals surface area contributed by atoms with Crippen molar-refractivity contribution in [2.45, 2.75) is 19.8 Å². The summed E-state index contributed by atoms with van der Waals surface area (Å²) >= 11 is 0. The summed E-state index contributed by atoms with van der Waals surface area (Å²) in [5, 5.41) is 12.2. The third-order valence-electron chi connectivity index (χ3n) is 2.98. The minimum Gasteiger partial charge on any atom is -0.496 e. The minimum atomic E-state index is -1.03. The van der Waals surface area contributed by atoms with E-state index in [-0.39, 0.29) is 5.56 Å². The van der Waals surface area contributed by atoms with Gasteiger partial charge in [0.25, 0.3) is 0 Å². The lowest BCUT2D eigenvalue weighted by molar-refractivity contribution is 0.0693. The Kier molecular flexibility index (Phi) is 4.37. The highest BCUT2D eigenvalue weighted by Gasteiger charge is 2.11. The first-order valence-corrected chi connectivity index (χ1v) is 6.51. The predicted octanol–water partition coefficient (Wildman–Crippen LogP) is 3.05. The van der Waals surface area contributed by atoms with Crippen molar-refractivity contribution in [3.8, 4) is 5.75 Å². The van der Waals surface area contributed by atoms with Gasteiger partial charge >= 0.3 is 5.97 Å². The van der Waals surface area contributed by atoms with Gasteiger partial charge in [0, 0.05) is 23.5 Å². The maximum Gasteiger partial charge on any atom is 0.339 e. The summed E-state index contributed by atoms with van der Waals surface area (Å²) in [6, 6.07) is 6.65. The number of carboxylic acids is 1. The second kappa shape index (κ2) is 6.21. The molecule has 2 aromatic rings. The number of methoxy groups -OCH3 is 1. The van der Waals surface area contributed by atoms with Gasteiger partial charge in [-0.3, -0.25) is 0 Å². The summed E-state index contributed by atoms with van der Waals surface area (Å²) in [6.45, 7) is 4.10. The number of nitrogens with zero attached hydrogens (tertiary/aromatic N) is 2. The average molecular weight is 287 g/mol. The quantitative estimate of drug-likeness (QED) is 0.879. The normalized spacial score (nSPS) is 10.5. The van der Waals surface area contributed by atoms with Crippen LogP contribution in [0.15, 0.2) is 30.6 Å². The molecule has 1 heterocycles. The van der Waals surface area contributed by atoms with Gasteiger partial charge < -0.3 is 15.2 Å². The largest absolute Gasteiger partial charge is 0.496 e. The molecule has 0 bridgehead atoms. The van der Waals surface area contributed by atoms with Crippen LogP contribution < -0.4 is 10.1 Å². The third kappa shape index (κ3) is 3.47. The number of ether oxygens (including phenoxy) is 1. The zero-order valence-corrected chi connectivity index (χ0v) is 12.1. The Balaban J connectivity index is 2.27. The van der Waals surface area contributed by atoms with Crippen LogP contribution in [0.1, 0.15) is 35.8 Å². The number of nitrogens with one attached hydrogen (secondary N) is 1. The van der Waals surface area contributed by atoms with E-state index < -0.39 is 5.97 Å². The highest BCUT2D eigenvalue weighted by Crippen LogP contribution is 2.25. The van der Waals surface area contributed by atoms with Crippen molar-refractivity contribution in [3.05, 3.63) is 41.9 Å². The molecule has 6 nitrogen and oxygen atoms in total. The van der Waals surface area contributed by atoms with Gasteiger partial charge in [-0.2, -0.15) is 0 Å². The highest BCUT2D eigenvalue weighted by molar-refractivity contribution is 5.91. The van der Waals surface area contributed by atoms with Gasteiger partial charge in [0.2, 0.25) is 0 Å². The third-order valence-corrected chi connectivity index (χ3v) is 2.98. The number of carboxylic acid groups (broad SMARTS) is 1. The van der Waals surface area contributed by atoms with Crippen LogP contribution in [-0.2, 0) is 0 Å². The van der Waals surface area contributed by atoms with Crippen LogP contribution in [-0.4, -0.2) is 28.2 Å². The number of hydrogen-bond acceptors (Lipinski definition) is 5. The Morgan fingerprint density at radius 3 is 2.67 bits per heavy atom. The molecule has 0 amide bonds. The van der Waals surface area contributed by atoms with Gasteiger partial charge in [-0.05, 0) is 18.1 Å². The van der Waals surface area contributed by atoms with Gasteiger partial charge in [0.15, 0.2) is 0 Å². The SMILES string of the molecule is COc1cc(Nc2cc(C(C)C)ncn2)ccc1C(=O)O. The fourth-order valence-corrected chi connectivity index (χ4v) is 1.85. The van der Waals surface area contributed by atoms with Crippen molar-refractivity contribution in [3.63, 3.8) is 0 Å². The Morgan fingerprint density at radius 2 is 2.05 bits per heavy atom. The summed E-state index contributed by atoms with van der Waals surface area (Å²) in [6.07, 6.45) is 1.50. The van der Waals surface area contributed by atoms with E-state index in [2.05, 4.69) is 29.1 Å². The molecule has 0 aliphatic heterocycles. The van der Waals surface area contributed by atoms with E-state index in [1.54, 1.807) is 12.1 Å². The summed E-state index contributed by atoms with van der Waals surface area (Å²) in [5.41, 5.74) is 1.75. The molecule has 0 fully saturated rings. The maximum atomic E-state index is 11.0. The van der Waals surface area contributed by atoms with E-state index in [4.69, 9.17) is 9.84 Å². The van der Waals surface area contributed by atoms with Crippen molar-refractivity contribution < 1.29 is 14.6 Å². The van der Waals surface area contributed by atoms with Crippen molar-refractivity contribution in [2.75, 3.05) is 12.4 Å². The topological polar surface area (TPSA) is 84.3 Å². The molecule has 110 valence electrons. The molecule has 0 atom stereocenters. The molecule has 2 rings (SSSR count). The zero-order valence-electron chi connectivity index (χ0n) is 12.1. The molecule has 2 N–H and O–H groups in total. The molecule has 0 saturated heterocycles. The van der Waals surface area contributed by atoms with Crippen LogP contribution in [0.2, 0.25) is 0 Å².